The van der Waals surface area contributed by atoms with Crippen LogP contribution in [-0.2, 0) is 16.1 Å². The van der Waals surface area contributed by atoms with Gasteiger partial charge in [0.2, 0.25) is 5.91 Å². The maximum Gasteiger partial charge on any atom is 0.330 e. The number of aryl methyl sites for hydroxylation is 1. The van der Waals surface area contributed by atoms with Crippen molar-refractivity contribution in [3.8, 4) is 5.75 Å². The molecule has 0 radical (unpaired) electrons. The molecule has 0 saturated heterocycles. The Hall–Kier alpha value is -3.28. The van der Waals surface area contributed by atoms with Crippen LogP contribution in [0.2, 0.25) is 0 Å². The van der Waals surface area contributed by atoms with Gasteiger partial charge in [0.1, 0.15) is 5.75 Å². The molecule has 26 heavy (non-hydrogen) atoms. The van der Waals surface area contributed by atoms with Crippen LogP contribution < -0.4 is 10.1 Å². The molecular formula is C20H20N2O4. The highest BCUT2D eigenvalue weighted by molar-refractivity contribution is 5.87. The number of rotatable bonds is 7. The zero-order valence-corrected chi connectivity index (χ0v) is 14.4. The Morgan fingerprint density at radius 1 is 1.12 bits per heavy atom. The minimum absolute atomic E-state index is 0.165. The standard InChI is InChI=1S/C20H20N2O4/c1-26-16-9-5-8-15-10-12-22(19(15)16)13-11-17(23)21-18(20(24)25)14-6-3-2-4-7-14/h2-10,12,18H,11,13H2,1H3,(H,21,23)(H,24,25). The van der Waals surface area contributed by atoms with E-state index in [4.69, 9.17) is 4.74 Å². The number of carboxylic acid groups (broad SMARTS) is 1. The molecule has 6 nitrogen and oxygen atoms in total. The largest absolute Gasteiger partial charge is 0.495 e. The van der Waals surface area contributed by atoms with Crippen LogP contribution in [0.5, 0.6) is 5.75 Å². The summed E-state index contributed by atoms with van der Waals surface area (Å²) in [5.74, 6) is -0.670. The number of carbonyl (C=O) groups excluding carboxylic acids is 1. The minimum atomic E-state index is -1.09. The SMILES string of the molecule is COc1cccc2ccn(CCC(=O)NC(C(=O)O)c3ccccc3)c12. The summed E-state index contributed by atoms with van der Waals surface area (Å²) in [7, 11) is 1.61. The van der Waals surface area contributed by atoms with E-state index in [1.165, 1.54) is 0 Å². The number of hydrogen-bond acceptors (Lipinski definition) is 3. The lowest BCUT2D eigenvalue weighted by Gasteiger charge is -2.15. The van der Waals surface area contributed by atoms with Gasteiger partial charge in [0.05, 0.1) is 12.6 Å². The fourth-order valence-electron chi connectivity index (χ4n) is 2.97. The number of amides is 1. The van der Waals surface area contributed by atoms with Gasteiger partial charge in [-0.15, -0.1) is 0 Å². The van der Waals surface area contributed by atoms with E-state index < -0.39 is 12.0 Å². The van der Waals surface area contributed by atoms with Gasteiger partial charge in [-0.1, -0.05) is 42.5 Å². The van der Waals surface area contributed by atoms with Crippen molar-refractivity contribution in [1.82, 2.24) is 9.88 Å². The van der Waals surface area contributed by atoms with Crippen molar-refractivity contribution in [2.75, 3.05) is 7.11 Å². The second-order valence-corrected chi connectivity index (χ2v) is 5.91. The van der Waals surface area contributed by atoms with Crippen molar-refractivity contribution >= 4 is 22.8 Å². The van der Waals surface area contributed by atoms with Gasteiger partial charge < -0.3 is 19.7 Å². The van der Waals surface area contributed by atoms with Crippen molar-refractivity contribution < 1.29 is 19.4 Å². The summed E-state index contributed by atoms with van der Waals surface area (Å²) in [4.78, 5) is 23.8. The lowest BCUT2D eigenvalue weighted by atomic mass is 10.1. The van der Waals surface area contributed by atoms with E-state index in [0.29, 0.717) is 12.1 Å². The predicted molar refractivity (Wildman–Crippen MR) is 98.1 cm³/mol. The maximum absolute atomic E-state index is 12.3. The Kier molecular flexibility index (Phi) is 5.22. The normalized spacial score (nSPS) is 11.9. The van der Waals surface area contributed by atoms with Crippen LogP contribution in [0.25, 0.3) is 10.9 Å². The Labute approximate surface area is 151 Å². The summed E-state index contributed by atoms with van der Waals surface area (Å²) >= 11 is 0. The molecule has 2 aromatic carbocycles. The molecule has 0 aliphatic heterocycles. The fraction of sp³-hybridized carbons (Fsp3) is 0.200. The van der Waals surface area contributed by atoms with Gasteiger partial charge in [-0.25, -0.2) is 4.79 Å². The number of nitrogens with one attached hydrogen (secondary N) is 1. The molecule has 0 fully saturated rings. The molecule has 0 aliphatic carbocycles. The number of aromatic nitrogens is 1. The van der Waals surface area contributed by atoms with E-state index in [-0.39, 0.29) is 12.3 Å². The highest BCUT2D eigenvalue weighted by Crippen LogP contribution is 2.26. The summed E-state index contributed by atoms with van der Waals surface area (Å²) in [6.07, 6.45) is 2.06. The Balaban J connectivity index is 1.70. The number of carboxylic acids is 1. The first-order chi connectivity index (χ1) is 12.6. The predicted octanol–water partition coefficient (Wildman–Crippen LogP) is 2.98. The molecule has 134 valence electrons. The molecule has 6 heteroatoms. The van der Waals surface area contributed by atoms with Crippen molar-refractivity contribution in [2.24, 2.45) is 0 Å². The molecule has 0 spiro atoms. The molecule has 3 rings (SSSR count). The average Bonchev–Trinajstić information content (AvgIpc) is 3.08. The van der Waals surface area contributed by atoms with E-state index in [0.717, 1.165) is 16.7 Å². The van der Waals surface area contributed by atoms with Gasteiger partial charge in [-0.2, -0.15) is 0 Å². The van der Waals surface area contributed by atoms with Gasteiger partial charge in [-0.05, 0) is 17.7 Å². The third kappa shape index (κ3) is 3.69. The number of para-hydroxylation sites is 1. The second kappa shape index (κ2) is 7.74. The van der Waals surface area contributed by atoms with Crippen molar-refractivity contribution in [3.05, 3.63) is 66.4 Å². The zero-order valence-electron chi connectivity index (χ0n) is 14.4. The number of fused-ring (bicyclic) bond motifs is 1. The van der Waals surface area contributed by atoms with Gasteiger partial charge in [0, 0.05) is 24.5 Å². The fourth-order valence-corrected chi connectivity index (χ4v) is 2.97. The summed E-state index contributed by atoms with van der Waals surface area (Å²) in [6.45, 7) is 0.427. The smallest absolute Gasteiger partial charge is 0.330 e. The Bertz CT molecular complexity index is 918. The number of hydrogen-bond donors (Lipinski definition) is 2. The highest BCUT2D eigenvalue weighted by Gasteiger charge is 2.21. The van der Waals surface area contributed by atoms with E-state index in [1.54, 1.807) is 37.4 Å². The minimum Gasteiger partial charge on any atom is -0.495 e. The van der Waals surface area contributed by atoms with Crippen LogP contribution in [0.1, 0.15) is 18.0 Å². The lowest BCUT2D eigenvalue weighted by Crippen LogP contribution is -2.34. The van der Waals surface area contributed by atoms with Crippen molar-refractivity contribution in [2.45, 2.75) is 19.0 Å². The molecule has 1 atom stereocenters. The van der Waals surface area contributed by atoms with Crippen LogP contribution in [0.4, 0.5) is 0 Å². The third-order valence-corrected chi connectivity index (χ3v) is 4.24. The van der Waals surface area contributed by atoms with Gasteiger partial charge in [-0.3, -0.25) is 4.79 Å². The average molecular weight is 352 g/mol. The Morgan fingerprint density at radius 3 is 2.58 bits per heavy atom. The quantitative estimate of drug-likeness (QED) is 0.685. The van der Waals surface area contributed by atoms with E-state index in [1.807, 2.05) is 35.0 Å². The molecule has 1 amide bonds. The van der Waals surface area contributed by atoms with E-state index >= 15 is 0 Å². The lowest BCUT2D eigenvalue weighted by molar-refractivity contribution is -0.142. The van der Waals surface area contributed by atoms with Crippen LogP contribution >= 0.6 is 0 Å². The van der Waals surface area contributed by atoms with Gasteiger partial charge in [0.15, 0.2) is 6.04 Å². The van der Waals surface area contributed by atoms with Crippen LogP contribution in [0.15, 0.2) is 60.8 Å². The van der Waals surface area contributed by atoms with Gasteiger partial charge >= 0.3 is 5.97 Å². The number of nitrogens with zero attached hydrogens (tertiary/aromatic N) is 1. The van der Waals surface area contributed by atoms with Gasteiger partial charge in [0.25, 0.3) is 0 Å². The maximum atomic E-state index is 12.3. The number of aliphatic carboxylic acids is 1. The van der Waals surface area contributed by atoms with Crippen molar-refractivity contribution in [1.29, 1.82) is 0 Å². The summed E-state index contributed by atoms with van der Waals surface area (Å²) in [5, 5.41) is 13.0. The number of ether oxygens (including phenoxy) is 1. The summed E-state index contributed by atoms with van der Waals surface area (Å²) in [5.41, 5.74) is 1.46. The topological polar surface area (TPSA) is 80.6 Å². The zero-order chi connectivity index (χ0) is 18.5. The molecule has 1 heterocycles. The molecule has 0 bridgehead atoms. The molecule has 1 unspecified atom stereocenters. The Morgan fingerprint density at radius 2 is 1.88 bits per heavy atom. The molecule has 1 aromatic heterocycles. The second-order valence-electron chi connectivity index (χ2n) is 5.91. The number of carbonyl (C=O) groups is 2. The highest BCUT2D eigenvalue weighted by atomic mass is 16.5. The summed E-state index contributed by atoms with van der Waals surface area (Å²) < 4.78 is 7.32. The van der Waals surface area contributed by atoms with Crippen LogP contribution in [0.3, 0.4) is 0 Å². The molecular weight excluding hydrogens is 332 g/mol. The number of methoxy groups -OCH3 is 1. The molecule has 0 saturated carbocycles. The summed E-state index contributed by atoms with van der Waals surface area (Å²) in [6, 6.07) is 15.3. The van der Waals surface area contributed by atoms with Crippen molar-refractivity contribution in [3.63, 3.8) is 0 Å². The molecule has 3 aromatic rings. The van der Waals surface area contributed by atoms with E-state index in [9.17, 15) is 14.7 Å². The molecule has 0 aliphatic rings. The third-order valence-electron chi connectivity index (χ3n) is 4.24. The van der Waals surface area contributed by atoms with Crippen LogP contribution in [0, 0.1) is 0 Å². The first-order valence-corrected chi connectivity index (χ1v) is 8.29. The molecule has 2 N–H and O–H groups in total. The van der Waals surface area contributed by atoms with E-state index in [2.05, 4.69) is 5.32 Å². The van der Waals surface area contributed by atoms with Crippen LogP contribution in [-0.4, -0.2) is 28.7 Å². The monoisotopic (exact) mass is 352 g/mol. The first kappa shape index (κ1) is 17.5. The number of benzene rings is 2. The first-order valence-electron chi connectivity index (χ1n) is 8.29.